The van der Waals surface area contributed by atoms with E-state index in [9.17, 15) is 5.11 Å². The molecule has 2 unspecified atom stereocenters. The molecule has 96 valence electrons. The fourth-order valence-electron chi connectivity index (χ4n) is 3.26. The largest absolute Gasteiger partial charge is 0.389 e. The number of hydrogen-bond donors (Lipinski definition) is 1. The van der Waals surface area contributed by atoms with Crippen molar-refractivity contribution in [3.05, 3.63) is 18.2 Å². The predicted molar refractivity (Wildman–Crippen MR) is 68.7 cm³/mol. The molecule has 2 atom stereocenters. The van der Waals surface area contributed by atoms with Crippen LogP contribution in [0.5, 0.6) is 0 Å². The number of aromatic nitrogens is 2. The zero-order valence-electron chi connectivity index (χ0n) is 11.2. The second-order valence-electron chi connectivity index (χ2n) is 5.83. The van der Waals surface area contributed by atoms with Crippen LogP contribution in [0.25, 0.3) is 0 Å². The van der Waals surface area contributed by atoms with Gasteiger partial charge in [0.15, 0.2) is 0 Å². The van der Waals surface area contributed by atoms with Crippen molar-refractivity contribution in [3.63, 3.8) is 0 Å². The number of nitrogens with zero attached hydrogens (tertiary/aromatic N) is 2. The van der Waals surface area contributed by atoms with Crippen LogP contribution < -0.4 is 0 Å². The van der Waals surface area contributed by atoms with E-state index in [1.165, 1.54) is 6.42 Å². The first-order valence-corrected chi connectivity index (χ1v) is 6.71. The van der Waals surface area contributed by atoms with Crippen molar-refractivity contribution in [2.45, 2.75) is 51.6 Å². The fourth-order valence-corrected chi connectivity index (χ4v) is 3.26. The van der Waals surface area contributed by atoms with Gasteiger partial charge in [-0.05, 0) is 24.7 Å². The average molecular weight is 236 g/mol. The van der Waals surface area contributed by atoms with E-state index in [0.29, 0.717) is 18.3 Å². The molecule has 0 aliphatic heterocycles. The molecule has 1 heterocycles. The van der Waals surface area contributed by atoms with E-state index in [1.54, 1.807) is 0 Å². The van der Waals surface area contributed by atoms with Crippen molar-refractivity contribution in [3.8, 4) is 0 Å². The van der Waals surface area contributed by atoms with Crippen LogP contribution >= 0.6 is 0 Å². The molecule has 1 aromatic heterocycles. The zero-order chi connectivity index (χ0) is 12.5. The predicted octanol–water partition coefficient (Wildman–Crippen LogP) is 2.54. The van der Waals surface area contributed by atoms with Crippen LogP contribution in [0.4, 0.5) is 0 Å². The molecule has 0 bridgehead atoms. The van der Waals surface area contributed by atoms with Crippen LogP contribution in [0.2, 0.25) is 0 Å². The highest BCUT2D eigenvalue weighted by atomic mass is 16.3. The Balaban J connectivity index is 2.18. The van der Waals surface area contributed by atoms with Gasteiger partial charge in [0.05, 0.1) is 5.60 Å². The van der Waals surface area contributed by atoms with Crippen molar-refractivity contribution in [2.75, 3.05) is 0 Å². The minimum Gasteiger partial charge on any atom is -0.389 e. The van der Waals surface area contributed by atoms with Gasteiger partial charge < -0.3 is 9.67 Å². The van der Waals surface area contributed by atoms with Crippen LogP contribution in [0.1, 0.15) is 45.4 Å². The van der Waals surface area contributed by atoms with Crippen LogP contribution in [0.3, 0.4) is 0 Å². The average Bonchev–Trinajstić information content (AvgIpc) is 2.64. The molecule has 0 saturated heterocycles. The Morgan fingerprint density at radius 1 is 1.53 bits per heavy atom. The molecular weight excluding hydrogens is 212 g/mol. The molecule has 1 saturated carbocycles. The van der Waals surface area contributed by atoms with Crippen molar-refractivity contribution >= 4 is 0 Å². The molecule has 2 rings (SSSR count). The first-order valence-electron chi connectivity index (χ1n) is 6.71. The van der Waals surface area contributed by atoms with Gasteiger partial charge in [0.2, 0.25) is 0 Å². The van der Waals surface area contributed by atoms with Crippen molar-refractivity contribution in [1.29, 1.82) is 0 Å². The van der Waals surface area contributed by atoms with Crippen LogP contribution in [-0.4, -0.2) is 20.3 Å². The highest BCUT2D eigenvalue weighted by Gasteiger charge is 2.41. The van der Waals surface area contributed by atoms with Gasteiger partial charge in [-0.25, -0.2) is 4.98 Å². The SMILES string of the molecule is CC(C)C1CCCCC1(O)Cc1nccn1C. The van der Waals surface area contributed by atoms with Crippen LogP contribution in [0.15, 0.2) is 12.4 Å². The number of rotatable bonds is 3. The van der Waals surface area contributed by atoms with Crippen molar-refractivity contribution in [2.24, 2.45) is 18.9 Å². The first kappa shape index (κ1) is 12.6. The summed E-state index contributed by atoms with van der Waals surface area (Å²) in [4.78, 5) is 4.35. The third-order valence-corrected chi connectivity index (χ3v) is 4.25. The van der Waals surface area contributed by atoms with E-state index in [4.69, 9.17) is 0 Å². The van der Waals surface area contributed by atoms with E-state index in [0.717, 1.165) is 25.1 Å². The summed E-state index contributed by atoms with van der Waals surface area (Å²) < 4.78 is 2.02. The maximum Gasteiger partial charge on any atom is 0.111 e. The van der Waals surface area contributed by atoms with E-state index in [-0.39, 0.29) is 0 Å². The van der Waals surface area contributed by atoms with Gasteiger partial charge in [-0.2, -0.15) is 0 Å². The van der Waals surface area contributed by atoms with E-state index < -0.39 is 5.60 Å². The maximum atomic E-state index is 10.9. The van der Waals surface area contributed by atoms with Crippen molar-refractivity contribution < 1.29 is 5.11 Å². The van der Waals surface area contributed by atoms with Gasteiger partial charge in [0.1, 0.15) is 5.82 Å². The zero-order valence-corrected chi connectivity index (χ0v) is 11.2. The lowest BCUT2D eigenvalue weighted by molar-refractivity contribution is -0.0669. The summed E-state index contributed by atoms with van der Waals surface area (Å²) in [7, 11) is 2.00. The van der Waals surface area contributed by atoms with Crippen molar-refractivity contribution in [1.82, 2.24) is 9.55 Å². The number of aliphatic hydroxyl groups is 1. The summed E-state index contributed by atoms with van der Waals surface area (Å²) in [6, 6.07) is 0. The van der Waals surface area contributed by atoms with Gasteiger partial charge in [-0.1, -0.05) is 26.7 Å². The van der Waals surface area contributed by atoms with Gasteiger partial charge >= 0.3 is 0 Å². The minimum absolute atomic E-state index is 0.410. The quantitative estimate of drug-likeness (QED) is 0.875. The monoisotopic (exact) mass is 236 g/mol. The number of imidazole rings is 1. The summed E-state index contributed by atoms with van der Waals surface area (Å²) in [6.45, 7) is 4.44. The second kappa shape index (κ2) is 4.81. The third-order valence-electron chi connectivity index (χ3n) is 4.25. The topological polar surface area (TPSA) is 38.1 Å². The Labute approximate surface area is 104 Å². The van der Waals surface area contributed by atoms with E-state index in [1.807, 2.05) is 24.0 Å². The van der Waals surface area contributed by atoms with Gasteiger partial charge in [-0.3, -0.25) is 0 Å². The van der Waals surface area contributed by atoms with Crippen LogP contribution in [-0.2, 0) is 13.5 Å². The Hall–Kier alpha value is -0.830. The Morgan fingerprint density at radius 3 is 2.88 bits per heavy atom. The Bertz CT molecular complexity index is 372. The van der Waals surface area contributed by atoms with Crippen LogP contribution in [0, 0.1) is 11.8 Å². The van der Waals surface area contributed by atoms with Gasteiger partial charge in [0.25, 0.3) is 0 Å². The fraction of sp³-hybridized carbons (Fsp3) is 0.786. The summed E-state index contributed by atoms with van der Waals surface area (Å²) in [5.41, 5.74) is -0.550. The standard InChI is InChI=1S/C14H24N2O/c1-11(2)12-6-4-5-7-14(12,17)10-13-15-8-9-16(13)3/h8-9,11-12,17H,4-7,10H2,1-3H3. The molecule has 0 aromatic carbocycles. The normalized spacial score (nSPS) is 29.8. The number of aryl methyl sites for hydroxylation is 1. The minimum atomic E-state index is -0.550. The lowest BCUT2D eigenvalue weighted by atomic mass is 9.68. The molecule has 17 heavy (non-hydrogen) atoms. The molecule has 1 fully saturated rings. The first-order chi connectivity index (χ1) is 8.03. The molecule has 1 aliphatic rings. The van der Waals surface area contributed by atoms with E-state index in [2.05, 4.69) is 18.8 Å². The molecule has 1 N–H and O–H groups in total. The highest BCUT2D eigenvalue weighted by molar-refractivity contribution is 5.02. The Kier molecular flexibility index (Phi) is 3.57. The molecule has 0 spiro atoms. The smallest absolute Gasteiger partial charge is 0.111 e. The molecule has 3 nitrogen and oxygen atoms in total. The summed E-state index contributed by atoms with van der Waals surface area (Å²) >= 11 is 0. The third kappa shape index (κ3) is 2.54. The lowest BCUT2D eigenvalue weighted by Crippen LogP contribution is -2.45. The molecule has 0 amide bonds. The molecular formula is C14H24N2O. The van der Waals surface area contributed by atoms with E-state index >= 15 is 0 Å². The highest BCUT2D eigenvalue weighted by Crippen LogP contribution is 2.40. The summed E-state index contributed by atoms with van der Waals surface area (Å²) in [5.74, 6) is 1.95. The second-order valence-corrected chi connectivity index (χ2v) is 5.83. The van der Waals surface area contributed by atoms with Gasteiger partial charge in [0, 0.05) is 25.9 Å². The molecule has 1 aromatic rings. The summed E-state index contributed by atoms with van der Waals surface area (Å²) in [6.07, 6.45) is 8.92. The molecule has 3 heteroatoms. The lowest BCUT2D eigenvalue weighted by Gasteiger charge is -2.42. The number of hydrogen-bond acceptors (Lipinski definition) is 2. The molecule has 1 aliphatic carbocycles. The Morgan fingerprint density at radius 2 is 2.29 bits per heavy atom. The van der Waals surface area contributed by atoms with Gasteiger partial charge in [-0.15, -0.1) is 0 Å². The maximum absolute atomic E-state index is 10.9. The molecule has 0 radical (unpaired) electrons. The summed E-state index contributed by atoms with van der Waals surface area (Å²) in [5, 5.41) is 10.9.